The van der Waals surface area contributed by atoms with Gasteiger partial charge in [0, 0.05) is 23.6 Å². The van der Waals surface area contributed by atoms with E-state index in [4.69, 9.17) is 11.0 Å². The van der Waals surface area contributed by atoms with Crippen LogP contribution in [0.1, 0.15) is 30.6 Å². The normalized spacial score (nSPS) is 11.7. The Morgan fingerprint density at radius 3 is 2.50 bits per heavy atom. The van der Waals surface area contributed by atoms with Crippen molar-refractivity contribution in [3.63, 3.8) is 0 Å². The molecule has 2 amide bonds. The fourth-order valence-corrected chi connectivity index (χ4v) is 3.00. The van der Waals surface area contributed by atoms with E-state index >= 15 is 0 Å². The molecule has 0 saturated carbocycles. The Morgan fingerprint density at radius 2 is 2.00 bits per heavy atom. The number of carbonyl (C=O) groups excluding carboxylic acids is 2. The van der Waals surface area contributed by atoms with Crippen molar-refractivity contribution >= 4 is 28.3 Å². The second-order valence-corrected chi connectivity index (χ2v) is 7.19. The van der Waals surface area contributed by atoms with Crippen molar-refractivity contribution in [3.8, 4) is 17.5 Å². The summed E-state index contributed by atoms with van der Waals surface area (Å²) >= 11 is 1.35. The van der Waals surface area contributed by atoms with Gasteiger partial charge in [0.15, 0.2) is 11.3 Å². The van der Waals surface area contributed by atoms with Crippen molar-refractivity contribution in [2.24, 2.45) is 5.92 Å². The summed E-state index contributed by atoms with van der Waals surface area (Å²) in [5.74, 6) is -0.599. The predicted molar refractivity (Wildman–Crippen MR) is 101 cm³/mol. The van der Waals surface area contributed by atoms with Crippen LogP contribution in [0.5, 0.6) is 0 Å². The van der Waals surface area contributed by atoms with Gasteiger partial charge in [-0.05, 0) is 24.5 Å². The Morgan fingerprint density at radius 1 is 1.35 bits per heavy atom. The maximum absolute atomic E-state index is 12.5. The first kappa shape index (κ1) is 19.4. The molecule has 0 radical (unpaired) electrons. The van der Waals surface area contributed by atoms with E-state index in [1.54, 1.807) is 30.5 Å². The molecule has 0 fully saturated rings. The molecule has 3 N–H and O–H groups in total. The molecule has 1 aromatic carbocycles. The molecule has 136 valence electrons. The number of benzene rings is 1. The molecule has 1 heterocycles. The molecule has 7 nitrogen and oxygen atoms in total. The lowest BCUT2D eigenvalue weighted by Crippen LogP contribution is -2.46. The largest absolute Gasteiger partial charge is 0.375 e. The number of nitrogens with one attached hydrogen (secondary N) is 1. The summed E-state index contributed by atoms with van der Waals surface area (Å²) in [5.41, 5.74) is 7.67. The Hall–Kier alpha value is -2.92. The van der Waals surface area contributed by atoms with Crippen molar-refractivity contribution in [3.05, 3.63) is 35.2 Å². The lowest BCUT2D eigenvalue weighted by molar-refractivity contribution is -0.129. The molecule has 0 bridgehead atoms. The van der Waals surface area contributed by atoms with E-state index in [-0.39, 0.29) is 11.8 Å². The second-order valence-electron chi connectivity index (χ2n) is 6.30. The molecule has 26 heavy (non-hydrogen) atoms. The SMILES string of the molecule is CC(C)CC(NC(=O)c1ccc(-c2csc(N)n2)cc1)C(=O)N(C)C#N. The minimum Gasteiger partial charge on any atom is -0.375 e. The molecule has 2 rings (SSSR count). The van der Waals surface area contributed by atoms with Crippen molar-refractivity contribution in [2.75, 3.05) is 12.8 Å². The van der Waals surface area contributed by atoms with E-state index in [0.717, 1.165) is 16.2 Å². The van der Waals surface area contributed by atoms with Crippen LogP contribution in [0.2, 0.25) is 0 Å². The van der Waals surface area contributed by atoms with E-state index in [0.29, 0.717) is 17.1 Å². The first-order valence-corrected chi connectivity index (χ1v) is 8.99. The van der Waals surface area contributed by atoms with E-state index in [9.17, 15) is 9.59 Å². The van der Waals surface area contributed by atoms with Gasteiger partial charge >= 0.3 is 0 Å². The lowest BCUT2D eigenvalue weighted by atomic mass is 10.0. The van der Waals surface area contributed by atoms with Crippen LogP contribution in [0, 0.1) is 17.4 Å². The maximum atomic E-state index is 12.5. The minimum atomic E-state index is -0.745. The molecule has 0 aliphatic carbocycles. The highest BCUT2D eigenvalue weighted by atomic mass is 32.1. The molecule has 0 aliphatic heterocycles. The smallest absolute Gasteiger partial charge is 0.257 e. The first-order chi connectivity index (χ1) is 12.3. The summed E-state index contributed by atoms with van der Waals surface area (Å²) in [6.45, 7) is 3.90. The molecule has 0 saturated heterocycles. The van der Waals surface area contributed by atoms with Gasteiger partial charge in [-0.25, -0.2) is 4.98 Å². The molecule has 8 heteroatoms. The molecule has 1 aromatic heterocycles. The summed E-state index contributed by atoms with van der Waals surface area (Å²) in [7, 11) is 1.39. The molecule has 1 unspecified atom stereocenters. The van der Waals surface area contributed by atoms with Crippen molar-refractivity contribution in [1.82, 2.24) is 15.2 Å². The van der Waals surface area contributed by atoms with Gasteiger partial charge in [-0.1, -0.05) is 26.0 Å². The summed E-state index contributed by atoms with van der Waals surface area (Å²) < 4.78 is 0. The van der Waals surface area contributed by atoms with Gasteiger partial charge in [0.05, 0.1) is 5.69 Å². The number of aromatic nitrogens is 1. The minimum absolute atomic E-state index is 0.189. The highest BCUT2D eigenvalue weighted by molar-refractivity contribution is 7.13. The number of thiazole rings is 1. The first-order valence-electron chi connectivity index (χ1n) is 8.11. The quantitative estimate of drug-likeness (QED) is 0.598. The number of amides is 2. The average Bonchev–Trinajstić information content (AvgIpc) is 3.06. The van der Waals surface area contributed by atoms with Crippen LogP contribution < -0.4 is 11.1 Å². The fraction of sp³-hybridized carbons (Fsp3) is 0.333. The van der Waals surface area contributed by atoms with Gasteiger partial charge in [-0.3, -0.25) is 14.5 Å². The zero-order chi connectivity index (χ0) is 19.3. The highest BCUT2D eigenvalue weighted by Gasteiger charge is 2.25. The molecule has 0 spiro atoms. The van der Waals surface area contributed by atoms with Crippen LogP contribution in [0.15, 0.2) is 29.6 Å². The summed E-state index contributed by atoms with van der Waals surface area (Å²) in [4.78, 5) is 29.9. The number of hydrogen-bond acceptors (Lipinski definition) is 6. The predicted octanol–water partition coefficient (Wildman–Crippen LogP) is 2.48. The van der Waals surface area contributed by atoms with Gasteiger partial charge < -0.3 is 11.1 Å². The maximum Gasteiger partial charge on any atom is 0.257 e. The average molecular weight is 371 g/mol. The standard InChI is InChI=1S/C18H21N5O2S/c1-11(2)8-14(17(25)23(3)10-19)21-16(24)13-6-4-12(5-7-13)15-9-26-18(20)22-15/h4-7,9,11,14H,8H2,1-3H3,(H2,20,22)(H,21,24). The van der Waals surface area contributed by atoms with Gasteiger partial charge in [0.2, 0.25) is 0 Å². The molecule has 0 aliphatic rings. The number of likely N-dealkylation sites (N-methyl/N-ethyl adjacent to an activating group) is 1. The number of nitrogens with zero attached hydrogens (tertiary/aromatic N) is 3. The molecule has 2 aromatic rings. The lowest BCUT2D eigenvalue weighted by Gasteiger charge is -2.21. The number of nitrogens with two attached hydrogens (primary N) is 1. The summed E-state index contributed by atoms with van der Waals surface area (Å²) in [6.07, 6.45) is 2.23. The number of carbonyl (C=O) groups is 2. The van der Waals surface area contributed by atoms with Crippen LogP contribution >= 0.6 is 11.3 Å². The summed E-state index contributed by atoms with van der Waals surface area (Å²) in [5, 5.41) is 14.0. The Labute approximate surface area is 156 Å². The van der Waals surface area contributed by atoms with Crippen LogP contribution in [0.25, 0.3) is 11.3 Å². The number of hydrogen-bond donors (Lipinski definition) is 2. The van der Waals surface area contributed by atoms with Crippen molar-refractivity contribution in [1.29, 1.82) is 5.26 Å². The number of anilines is 1. The van der Waals surface area contributed by atoms with Crippen LogP contribution in [0.4, 0.5) is 5.13 Å². The number of nitrogen functional groups attached to an aromatic ring is 1. The molecule has 1 atom stereocenters. The number of rotatable bonds is 6. The topological polar surface area (TPSA) is 112 Å². The van der Waals surface area contributed by atoms with Gasteiger partial charge in [0.1, 0.15) is 6.04 Å². The van der Waals surface area contributed by atoms with Crippen LogP contribution in [0.3, 0.4) is 0 Å². The zero-order valence-corrected chi connectivity index (χ0v) is 15.7. The molecular weight excluding hydrogens is 350 g/mol. The Kier molecular flexibility index (Phi) is 6.31. The summed E-state index contributed by atoms with van der Waals surface area (Å²) in [6, 6.07) is 6.16. The Bertz CT molecular complexity index is 823. The van der Waals surface area contributed by atoms with Crippen molar-refractivity contribution < 1.29 is 9.59 Å². The highest BCUT2D eigenvalue weighted by Crippen LogP contribution is 2.23. The van der Waals surface area contributed by atoms with Crippen molar-refractivity contribution in [2.45, 2.75) is 26.3 Å². The van der Waals surface area contributed by atoms with Gasteiger partial charge in [-0.2, -0.15) is 5.26 Å². The van der Waals surface area contributed by atoms with E-state index < -0.39 is 11.9 Å². The van der Waals surface area contributed by atoms with Crippen LogP contribution in [-0.4, -0.2) is 34.8 Å². The van der Waals surface area contributed by atoms with E-state index in [1.165, 1.54) is 18.4 Å². The third-order valence-corrected chi connectivity index (χ3v) is 4.43. The van der Waals surface area contributed by atoms with E-state index in [2.05, 4.69) is 10.3 Å². The number of nitriles is 1. The van der Waals surface area contributed by atoms with Gasteiger partial charge in [0.25, 0.3) is 11.8 Å². The van der Waals surface area contributed by atoms with Crippen LogP contribution in [-0.2, 0) is 4.79 Å². The third kappa shape index (κ3) is 4.80. The zero-order valence-electron chi connectivity index (χ0n) is 14.9. The Balaban J connectivity index is 2.13. The monoisotopic (exact) mass is 371 g/mol. The fourth-order valence-electron chi connectivity index (χ4n) is 2.43. The molecular formula is C18H21N5O2S. The van der Waals surface area contributed by atoms with E-state index in [1.807, 2.05) is 19.2 Å². The van der Waals surface area contributed by atoms with Gasteiger partial charge in [-0.15, -0.1) is 11.3 Å². The third-order valence-electron chi connectivity index (χ3n) is 3.76. The second kappa shape index (κ2) is 8.45.